The molecule has 2 fully saturated rings. The molecule has 0 aromatic heterocycles. The van der Waals surface area contributed by atoms with Crippen molar-refractivity contribution in [3.63, 3.8) is 0 Å². The zero-order valence-electron chi connectivity index (χ0n) is 17.5. The van der Waals surface area contributed by atoms with E-state index < -0.39 is 17.8 Å². The van der Waals surface area contributed by atoms with Crippen molar-refractivity contribution in [1.82, 2.24) is 0 Å². The van der Waals surface area contributed by atoms with Gasteiger partial charge in [0.2, 0.25) is 0 Å². The van der Waals surface area contributed by atoms with Crippen molar-refractivity contribution < 1.29 is 19.7 Å². The monoisotopic (exact) mass is 386 g/mol. The molecule has 0 aliphatic heterocycles. The van der Waals surface area contributed by atoms with Crippen molar-refractivity contribution >= 4 is 12.0 Å². The lowest BCUT2D eigenvalue weighted by Gasteiger charge is -2.59. The Morgan fingerprint density at radius 3 is 2.46 bits per heavy atom. The maximum absolute atomic E-state index is 12.7. The summed E-state index contributed by atoms with van der Waals surface area (Å²) in [7, 11) is 0. The Morgan fingerprint density at radius 2 is 1.82 bits per heavy atom. The number of fused-ring (bicyclic) bond motifs is 1. The van der Waals surface area contributed by atoms with Gasteiger partial charge in [0.15, 0.2) is 0 Å². The van der Waals surface area contributed by atoms with Gasteiger partial charge in [0, 0.05) is 12.0 Å². The molecule has 6 atom stereocenters. The van der Waals surface area contributed by atoms with E-state index in [1.165, 1.54) is 6.08 Å². The molecule has 1 aromatic rings. The fraction of sp³-hybridized carbons (Fsp3) is 0.625. The van der Waals surface area contributed by atoms with Gasteiger partial charge in [-0.05, 0) is 61.5 Å². The van der Waals surface area contributed by atoms with Gasteiger partial charge in [-0.3, -0.25) is 0 Å². The largest absolute Gasteiger partial charge is 0.458 e. The number of rotatable bonds is 4. The molecule has 0 unspecified atom stereocenters. The van der Waals surface area contributed by atoms with Gasteiger partial charge in [0.1, 0.15) is 6.10 Å². The SMILES string of the molecule is CC(C)[C@@H]1CC[C@@]2(C)CC[C@H](O)[C@@](C)(O)[C@@H]2[C@@H]1OC(=O)C=Cc1ccccc1. The number of benzene rings is 1. The van der Waals surface area contributed by atoms with Crippen LogP contribution in [0.1, 0.15) is 58.9 Å². The summed E-state index contributed by atoms with van der Waals surface area (Å²) in [6, 6.07) is 9.64. The quantitative estimate of drug-likeness (QED) is 0.601. The molecule has 3 rings (SSSR count). The molecule has 1 aromatic carbocycles. The minimum atomic E-state index is -1.27. The van der Waals surface area contributed by atoms with Gasteiger partial charge in [-0.1, -0.05) is 51.1 Å². The van der Waals surface area contributed by atoms with Gasteiger partial charge in [-0.15, -0.1) is 0 Å². The maximum Gasteiger partial charge on any atom is 0.331 e. The van der Waals surface area contributed by atoms with Crippen LogP contribution in [-0.4, -0.2) is 34.0 Å². The highest BCUT2D eigenvalue weighted by atomic mass is 16.5. The lowest BCUT2D eigenvalue weighted by atomic mass is 9.50. The third-order valence-corrected chi connectivity index (χ3v) is 7.16. The molecule has 0 bridgehead atoms. The molecule has 4 heteroatoms. The minimum absolute atomic E-state index is 0.137. The Morgan fingerprint density at radius 1 is 1.18 bits per heavy atom. The lowest BCUT2D eigenvalue weighted by Crippen LogP contribution is -2.64. The van der Waals surface area contributed by atoms with Crippen LogP contribution in [0.3, 0.4) is 0 Å². The summed E-state index contributed by atoms with van der Waals surface area (Å²) < 4.78 is 6.01. The maximum atomic E-state index is 12.7. The summed E-state index contributed by atoms with van der Waals surface area (Å²) in [5.74, 6) is -0.169. The average molecular weight is 387 g/mol. The average Bonchev–Trinajstić information content (AvgIpc) is 2.64. The van der Waals surface area contributed by atoms with Crippen molar-refractivity contribution in [3.05, 3.63) is 42.0 Å². The Labute approximate surface area is 168 Å². The number of aliphatic hydroxyl groups excluding tert-OH is 1. The molecular weight excluding hydrogens is 352 g/mol. The summed E-state index contributed by atoms with van der Waals surface area (Å²) in [5, 5.41) is 21.7. The van der Waals surface area contributed by atoms with Crippen LogP contribution in [0.5, 0.6) is 0 Å². The van der Waals surface area contributed by atoms with Crippen LogP contribution in [0.4, 0.5) is 0 Å². The van der Waals surface area contributed by atoms with E-state index in [4.69, 9.17) is 4.74 Å². The lowest BCUT2D eigenvalue weighted by molar-refractivity contribution is -0.232. The number of ether oxygens (including phenoxy) is 1. The smallest absolute Gasteiger partial charge is 0.331 e. The number of carbonyl (C=O) groups is 1. The fourth-order valence-corrected chi connectivity index (χ4v) is 5.51. The molecule has 2 saturated carbocycles. The Kier molecular flexibility index (Phi) is 6.02. The zero-order chi connectivity index (χ0) is 20.5. The summed E-state index contributed by atoms with van der Waals surface area (Å²) >= 11 is 0. The second kappa shape index (κ2) is 8.00. The summed E-state index contributed by atoms with van der Waals surface area (Å²) in [6.07, 6.45) is 5.40. The third kappa shape index (κ3) is 4.04. The van der Waals surface area contributed by atoms with Crippen LogP contribution in [-0.2, 0) is 9.53 Å². The third-order valence-electron chi connectivity index (χ3n) is 7.16. The molecule has 0 amide bonds. The predicted octanol–water partition coefficient (Wildman–Crippen LogP) is 4.21. The Bertz CT molecular complexity index is 704. The molecule has 0 spiro atoms. The molecular formula is C24H34O4. The number of hydrogen-bond donors (Lipinski definition) is 2. The number of aliphatic hydroxyl groups is 2. The van der Waals surface area contributed by atoms with Crippen LogP contribution < -0.4 is 0 Å². The summed E-state index contributed by atoms with van der Waals surface area (Å²) in [4.78, 5) is 12.7. The highest BCUT2D eigenvalue weighted by Gasteiger charge is 2.60. The standard InChI is InChI=1S/C24H34O4/c1-16(2)18-12-14-23(3)15-13-19(25)24(4,27)22(23)21(18)28-20(26)11-10-17-8-6-5-7-9-17/h5-11,16,18-19,21-22,25,27H,12-15H2,1-4H3/t18-,19-,21+,22+,23-,24+/m0/s1. The minimum Gasteiger partial charge on any atom is -0.458 e. The molecule has 2 aliphatic carbocycles. The van der Waals surface area contributed by atoms with Crippen molar-refractivity contribution in [2.75, 3.05) is 0 Å². The normalized spacial score (nSPS) is 38.4. The number of carbonyl (C=O) groups excluding carboxylic acids is 1. The highest BCUT2D eigenvalue weighted by Crippen LogP contribution is 2.57. The van der Waals surface area contributed by atoms with E-state index in [0.717, 1.165) is 24.8 Å². The van der Waals surface area contributed by atoms with E-state index in [9.17, 15) is 15.0 Å². The van der Waals surface area contributed by atoms with Crippen molar-refractivity contribution in [2.45, 2.75) is 71.2 Å². The first-order valence-corrected chi connectivity index (χ1v) is 10.5. The van der Waals surface area contributed by atoms with Crippen LogP contribution >= 0.6 is 0 Å². The van der Waals surface area contributed by atoms with Crippen molar-refractivity contribution in [2.24, 2.45) is 23.2 Å². The first-order chi connectivity index (χ1) is 13.1. The second-order valence-corrected chi connectivity index (χ2v) is 9.50. The summed E-state index contributed by atoms with van der Waals surface area (Å²) in [5.41, 5.74) is -0.468. The molecule has 154 valence electrons. The topological polar surface area (TPSA) is 66.8 Å². The molecule has 4 nitrogen and oxygen atoms in total. The van der Waals surface area contributed by atoms with Crippen LogP contribution in [0.2, 0.25) is 0 Å². The molecule has 28 heavy (non-hydrogen) atoms. The fourth-order valence-electron chi connectivity index (χ4n) is 5.51. The zero-order valence-corrected chi connectivity index (χ0v) is 17.5. The van der Waals surface area contributed by atoms with E-state index in [1.807, 2.05) is 30.3 Å². The van der Waals surface area contributed by atoms with Gasteiger partial charge in [0.05, 0.1) is 11.7 Å². The van der Waals surface area contributed by atoms with Gasteiger partial charge < -0.3 is 14.9 Å². The predicted molar refractivity (Wildman–Crippen MR) is 110 cm³/mol. The van der Waals surface area contributed by atoms with E-state index in [-0.39, 0.29) is 23.2 Å². The van der Waals surface area contributed by atoms with Gasteiger partial charge >= 0.3 is 5.97 Å². The number of esters is 1. The molecule has 2 N–H and O–H groups in total. The first-order valence-electron chi connectivity index (χ1n) is 10.5. The first kappa shape index (κ1) is 21.1. The van der Waals surface area contributed by atoms with Gasteiger partial charge in [-0.25, -0.2) is 4.79 Å². The van der Waals surface area contributed by atoms with Crippen molar-refractivity contribution in [1.29, 1.82) is 0 Å². The van der Waals surface area contributed by atoms with Crippen LogP contribution in [0, 0.1) is 23.2 Å². The van der Waals surface area contributed by atoms with E-state index >= 15 is 0 Å². The molecule has 2 aliphatic rings. The highest BCUT2D eigenvalue weighted by molar-refractivity contribution is 5.87. The van der Waals surface area contributed by atoms with E-state index in [0.29, 0.717) is 12.3 Å². The molecule has 0 heterocycles. The van der Waals surface area contributed by atoms with E-state index in [2.05, 4.69) is 20.8 Å². The molecule has 0 saturated heterocycles. The second-order valence-electron chi connectivity index (χ2n) is 9.50. The van der Waals surface area contributed by atoms with Crippen LogP contribution in [0.25, 0.3) is 6.08 Å². The van der Waals surface area contributed by atoms with Gasteiger partial charge in [-0.2, -0.15) is 0 Å². The van der Waals surface area contributed by atoms with Gasteiger partial charge in [0.25, 0.3) is 0 Å². The number of hydrogen-bond acceptors (Lipinski definition) is 4. The van der Waals surface area contributed by atoms with Crippen LogP contribution in [0.15, 0.2) is 36.4 Å². The summed E-state index contributed by atoms with van der Waals surface area (Å²) in [6.45, 7) is 8.17. The Balaban J connectivity index is 1.87. The Hall–Kier alpha value is -1.65. The van der Waals surface area contributed by atoms with Crippen molar-refractivity contribution in [3.8, 4) is 0 Å². The molecule has 0 radical (unpaired) electrons. The van der Waals surface area contributed by atoms with E-state index in [1.54, 1.807) is 13.0 Å².